The van der Waals surface area contributed by atoms with Crippen LogP contribution in [0.2, 0.25) is 0 Å². The number of carbonyl (C=O) groups excluding carboxylic acids is 1. The molecule has 4 heteroatoms. The van der Waals surface area contributed by atoms with Gasteiger partial charge >= 0.3 is 0 Å². The second-order valence-electron chi connectivity index (χ2n) is 2.79. The molecule has 0 fully saturated rings. The highest BCUT2D eigenvalue weighted by atomic mass is 16.1. The first kappa shape index (κ1) is 10.2. The van der Waals surface area contributed by atoms with Crippen LogP contribution in [0.3, 0.4) is 0 Å². The first-order chi connectivity index (χ1) is 6.77. The minimum Gasteiger partial charge on any atom is -0.382 e. The molecule has 1 aromatic carbocycles. The van der Waals surface area contributed by atoms with Gasteiger partial charge in [-0.15, -0.1) is 0 Å². The molecular weight excluding hydrogens is 178 g/mol. The van der Waals surface area contributed by atoms with E-state index in [-0.39, 0.29) is 0 Å². The third-order valence-corrected chi connectivity index (χ3v) is 1.80. The number of amidine groups is 1. The maximum Gasteiger partial charge on any atom is 0.150 e. The molecule has 0 saturated heterocycles. The molecule has 0 unspecified atom stereocenters. The fourth-order valence-electron chi connectivity index (χ4n) is 1.09. The third kappa shape index (κ3) is 2.58. The van der Waals surface area contributed by atoms with Crippen molar-refractivity contribution in [3.63, 3.8) is 0 Å². The molecule has 14 heavy (non-hydrogen) atoms. The average Bonchev–Trinajstić information content (AvgIpc) is 2.20. The molecule has 0 bridgehead atoms. The lowest BCUT2D eigenvalue weighted by molar-refractivity contribution is -0.107. The van der Waals surface area contributed by atoms with Crippen LogP contribution >= 0.6 is 0 Å². The SMILES string of the molecule is CN/N=C(\N)c1ccc(CC=O)cc1. The van der Waals surface area contributed by atoms with Crippen LogP contribution in [0.1, 0.15) is 11.1 Å². The van der Waals surface area contributed by atoms with Gasteiger partial charge in [-0.05, 0) is 5.56 Å². The topological polar surface area (TPSA) is 67.5 Å². The summed E-state index contributed by atoms with van der Waals surface area (Å²) >= 11 is 0. The zero-order valence-electron chi connectivity index (χ0n) is 8.03. The maximum absolute atomic E-state index is 10.2. The Balaban J connectivity index is 2.82. The van der Waals surface area contributed by atoms with Crippen molar-refractivity contribution < 1.29 is 4.79 Å². The third-order valence-electron chi connectivity index (χ3n) is 1.80. The van der Waals surface area contributed by atoms with E-state index < -0.39 is 0 Å². The van der Waals surface area contributed by atoms with E-state index >= 15 is 0 Å². The summed E-state index contributed by atoms with van der Waals surface area (Å²) in [6, 6.07) is 7.41. The van der Waals surface area contributed by atoms with Gasteiger partial charge in [0.1, 0.15) is 6.29 Å². The summed E-state index contributed by atoms with van der Waals surface area (Å²) < 4.78 is 0. The molecule has 0 heterocycles. The Hall–Kier alpha value is -1.84. The quantitative estimate of drug-likeness (QED) is 0.310. The zero-order valence-corrected chi connectivity index (χ0v) is 8.03. The van der Waals surface area contributed by atoms with Gasteiger partial charge in [0.2, 0.25) is 0 Å². The number of benzene rings is 1. The van der Waals surface area contributed by atoms with Crippen LogP contribution in [0.15, 0.2) is 29.4 Å². The molecule has 0 aliphatic heterocycles. The van der Waals surface area contributed by atoms with Crippen molar-refractivity contribution in [2.45, 2.75) is 6.42 Å². The van der Waals surface area contributed by atoms with Crippen molar-refractivity contribution >= 4 is 12.1 Å². The Labute approximate surface area is 82.8 Å². The van der Waals surface area contributed by atoms with Crippen LogP contribution in [0.4, 0.5) is 0 Å². The lowest BCUT2D eigenvalue weighted by atomic mass is 10.1. The number of hydrogen-bond acceptors (Lipinski definition) is 3. The minimum absolute atomic E-state index is 0.434. The minimum atomic E-state index is 0.434. The van der Waals surface area contributed by atoms with E-state index in [1.54, 1.807) is 7.05 Å². The molecule has 1 rings (SSSR count). The summed E-state index contributed by atoms with van der Waals surface area (Å²) in [4.78, 5) is 10.2. The van der Waals surface area contributed by atoms with Gasteiger partial charge in [0.15, 0.2) is 5.84 Å². The van der Waals surface area contributed by atoms with Gasteiger partial charge in [0, 0.05) is 19.0 Å². The molecule has 0 radical (unpaired) electrons. The van der Waals surface area contributed by atoms with Gasteiger partial charge in [-0.3, -0.25) is 0 Å². The Morgan fingerprint density at radius 1 is 1.50 bits per heavy atom. The Morgan fingerprint density at radius 2 is 2.14 bits per heavy atom. The smallest absolute Gasteiger partial charge is 0.150 e. The Morgan fingerprint density at radius 3 is 2.64 bits per heavy atom. The Bertz CT molecular complexity index is 330. The molecule has 0 amide bonds. The van der Waals surface area contributed by atoms with E-state index in [9.17, 15) is 4.79 Å². The molecule has 4 nitrogen and oxygen atoms in total. The second-order valence-corrected chi connectivity index (χ2v) is 2.79. The van der Waals surface area contributed by atoms with Gasteiger partial charge in [-0.1, -0.05) is 24.3 Å². The van der Waals surface area contributed by atoms with Crippen molar-refractivity contribution in [3.05, 3.63) is 35.4 Å². The van der Waals surface area contributed by atoms with Gasteiger partial charge < -0.3 is 16.0 Å². The van der Waals surface area contributed by atoms with Crippen molar-refractivity contribution in [2.24, 2.45) is 10.8 Å². The van der Waals surface area contributed by atoms with Crippen LogP contribution in [0, 0.1) is 0 Å². The molecular formula is C10H13N3O. The number of nitrogens with zero attached hydrogens (tertiary/aromatic N) is 1. The highest BCUT2D eigenvalue weighted by molar-refractivity contribution is 5.97. The van der Waals surface area contributed by atoms with E-state index in [4.69, 9.17) is 5.73 Å². The van der Waals surface area contributed by atoms with Crippen LogP contribution in [-0.4, -0.2) is 19.2 Å². The molecule has 0 aromatic heterocycles. The average molecular weight is 191 g/mol. The number of nitrogens with one attached hydrogen (secondary N) is 1. The van der Waals surface area contributed by atoms with Crippen molar-refractivity contribution in [1.82, 2.24) is 5.43 Å². The van der Waals surface area contributed by atoms with Gasteiger partial charge in [0.05, 0.1) is 0 Å². The van der Waals surface area contributed by atoms with E-state index in [1.807, 2.05) is 24.3 Å². The second kappa shape index (κ2) is 5.01. The summed E-state index contributed by atoms with van der Waals surface area (Å²) in [5, 5.41) is 3.85. The first-order valence-corrected chi connectivity index (χ1v) is 4.30. The van der Waals surface area contributed by atoms with Gasteiger partial charge in [-0.2, -0.15) is 5.10 Å². The summed E-state index contributed by atoms with van der Waals surface area (Å²) in [5.41, 5.74) is 10.1. The fraction of sp³-hybridized carbons (Fsp3) is 0.200. The standard InChI is InChI=1S/C10H13N3O/c1-12-13-10(11)9-4-2-8(3-5-9)6-7-14/h2-5,7,12H,6H2,1H3,(H2,11,13). The van der Waals surface area contributed by atoms with Crippen LogP contribution < -0.4 is 11.2 Å². The van der Waals surface area contributed by atoms with Gasteiger partial charge in [0.25, 0.3) is 0 Å². The summed E-state index contributed by atoms with van der Waals surface area (Å²) in [5.74, 6) is 0.435. The van der Waals surface area contributed by atoms with Crippen LogP contribution in [0.25, 0.3) is 0 Å². The number of aldehydes is 1. The van der Waals surface area contributed by atoms with Crippen molar-refractivity contribution in [3.8, 4) is 0 Å². The lowest BCUT2D eigenvalue weighted by Crippen LogP contribution is -2.16. The molecule has 74 valence electrons. The highest BCUT2D eigenvalue weighted by Gasteiger charge is 1.97. The zero-order chi connectivity index (χ0) is 10.4. The number of rotatable bonds is 4. The number of nitrogens with two attached hydrogens (primary N) is 1. The predicted octanol–water partition coefficient (Wildman–Crippen LogP) is 0.268. The fourth-order valence-corrected chi connectivity index (χ4v) is 1.09. The summed E-state index contributed by atoms with van der Waals surface area (Å²) in [7, 11) is 1.69. The molecule has 0 saturated carbocycles. The normalized spacial score (nSPS) is 11.1. The molecule has 0 aliphatic carbocycles. The molecule has 0 aliphatic rings. The van der Waals surface area contributed by atoms with E-state index in [1.165, 1.54) is 0 Å². The van der Waals surface area contributed by atoms with E-state index in [2.05, 4.69) is 10.5 Å². The lowest BCUT2D eigenvalue weighted by Gasteiger charge is -2.01. The van der Waals surface area contributed by atoms with E-state index in [0.29, 0.717) is 12.3 Å². The number of hydrazone groups is 1. The van der Waals surface area contributed by atoms with Gasteiger partial charge in [-0.25, -0.2) is 0 Å². The molecule has 0 spiro atoms. The maximum atomic E-state index is 10.2. The predicted molar refractivity (Wildman–Crippen MR) is 56.0 cm³/mol. The summed E-state index contributed by atoms with van der Waals surface area (Å²) in [6.45, 7) is 0. The Kier molecular flexibility index (Phi) is 3.67. The van der Waals surface area contributed by atoms with Crippen molar-refractivity contribution in [1.29, 1.82) is 0 Å². The summed E-state index contributed by atoms with van der Waals surface area (Å²) in [6.07, 6.45) is 1.31. The van der Waals surface area contributed by atoms with Crippen LogP contribution in [-0.2, 0) is 11.2 Å². The molecule has 3 N–H and O–H groups in total. The number of hydrogen-bond donors (Lipinski definition) is 2. The van der Waals surface area contributed by atoms with Crippen molar-refractivity contribution in [2.75, 3.05) is 7.05 Å². The highest BCUT2D eigenvalue weighted by Crippen LogP contribution is 2.03. The van der Waals surface area contributed by atoms with E-state index in [0.717, 1.165) is 17.4 Å². The molecule has 0 atom stereocenters. The molecule has 1 aromatic rings. The monoisotopic (exact) mass is 191 g/mol. The largest absolute Gasteiger partial charge is 0.382 e. The van der Waals surface area contributed by atoms with Crippen LogP contribution in [0.5, 0.6) is 0 Å². The first-order valence-electron chi connectivity index (χ1n) is 4.30. The number of carbonyl (C=O) groups is 1.